The van der Waals surface area contributed by atoms with Gasteiger partial charge in [-0.25, -0.2) is 0 Å². The zero-order valence-corrected chi connectivity index (χ0v) is 22.5. The van der Waals surface area contributed by atoms with Crippen LogP contribution in [-0.2, 0) is 17.6 Å². The van der Waals surface area contributed by atoms with Crippen molar-refractivity contribution in [3.63, 3.8) is 0 Å². The van der Waals surface area contributed by atoms with Gasteiger partial charge in [0.05, 0.1) is 25.2 Å². The van der Waals surface area contributed by atoms with Crippen LogP contribution >= 0.6 is 0 Å². The molecule has 0 aliphatic carbocycles. The van der Waals surface area contributed by atoms with Gasteiger partial charge in [-0.15, -0.1) is 0 Å². The molecule has 4 aromatic carbocycles. The summed E-state index contributed by atoms with van der Waals surface area (Å²) in [6, 6.07) is 23.8. The lowest BCUT2D eigenvalue weighted by Crippen LogP contribution is -2.22. The van der Waals surface area contributed by atoms with Gasteiger partial charge in [0.15, 0.2) is 16.9 Å². The fraction of sp³-hybridized carbons (Fsp3) is 0.176. The zero-order valence-electron chi connectivity index (χ0n) is 22.5. The second kappa shape index (κ2) is 10.3. The summed E-state index contributed by atoms with van der Waals surface area (Å²) in [6.07, 6.45) is 1.47. The number of benzene rings is 4. The summed E-state index contributed by atoms with van der Waals surface area (Å²) in [5.74, 6) is -1.14. The predicted molar refractivity (Wildman–Crippen MR) is 155 cm³/mol. The summed E-state index contributed by atoms with van der Waals surface area (Å²) in [4.78, 5) is 26.1. The van der Waals surface area contributed by atoms with Crippen LogP contribution in [0.5, 0.6) is 28.7 Å². The Bertz CT molecular complexity index is 1910. The van der Waals surface area contributed by atoms with Crippen LogP contribution in [0.25, 0.3) is 22.3 Å². The summed E-state index contributed by atoms with van der Waals surface area (Å²) in [6.45, 7) is 1.08. The van der Waals surface area contributed by atoms with Gasteiger partial charge in [0.2, 0.25) is 5.75 Å². The lowest BCUT2D eigenvalue weighted by molar-refractivity contribution is -0.135. The van der Waals surface area contributed by atoms with Gasteiger partial charge in [-0.2, -0.15) is 0 Å². The van der Waals surface area contributed by atoms with Crippen molar-refractivity contribution in [3.05, 3.63) is 111 Å². The van der Waals surface area contributed by atoms with Crippen molar-refractivity contribution >= 4 is 16.9 Å². The van der Waals surface area contributed by atoms with Crippen LogP contribution in [0.2, 0.25) is 0 Å². The monoisotopic (exact) mass is 562 g/mol. The van der Waals surface area contributed by atoms with E-state index in [2.05, 4.69) is 6.07 Å². The molecule has 7 rings (SSSR count). The van der Waals surface area contributed by atoms with Crippen molar-refractivity contribution in [1.82, 2.24) is 0 Å². The summed E-state index contributed by atoms with van der Waals surface area (Å²) in [5.41, 5.74) is 3.44. The molecule has 3 heterocycles. The summed E-state index contributed by atoms with van der Waals surface area (Å²) in [7, 11) is 0. The lowest BCUT2D eigenvalue weighted by atomic mass is 9.84. The smallest absolute Gasteiger partial charge is 0.312 e. The van der Waals surface area contributed by atoms with Crippen LogP contribution in [0.3, 0.4) is 0 Å². The van der Waals surface area contributed by atoms with Crippen LogP contribution in [0.4, 0.5) is 0 Å². The third-order valence-corrected chi connectivity index (χ3v) is 7.80. The Morgan fingerprint density at radius 1 is 0.905 bits per heavy atom. The average Bonchev–Trinajstić information content (AvgIpc) is 3.48. The first-order chi connectivity index (χ1) is 20.5. The third-order valence-electron chi connectivity index (χ3n) is 7.80. The molecule has 2 aliphatic rings. The Morgan fingerprint density at radius 2 is 1.71 bits per heavy atom. The molecule has 0 saturated heterocycles. The first-order valence-corrected chi connectivity index (χ1v) is 13.8. The first-order valence-electron chi connectivity index (χ1n) is 13.8. The number of hydrogen-bond donors (Lipinski definition) is 2. The molecular weight excluding hydrogens is 536 g/mol. The topological polar surface area (TPSA) is 115 Å². The standard InChI is InChI=1S/C34H26O8/c35-24-18-27(20-6-2-1-3-7-20)41-33-29-23(17-28(36)42-34(29)32(38)31(37)30(24)33)22-8-4-5-9-26(22)40-14-12-19-10-11-25-21(16-19)13-15-39-25/h1-11,16,18,23,37-38H,12-15,17H2/t23-/m1/s1. The number of esters is 1. The molecule has 0 radical (unpaired) electrons. The van der Waals surface area contributed by atoms with E-state index in [1.165, 1.54) is 11.6 Å². The molecule has 2 aliphatic heterocycles. The number of carbonyl (C=O) groups is 1. The number of ether oxygens (including phenoxy) is 3. The van der Waals surface area contributed by atoms with Gasteiger partial charge in [0, 0.05) is 36.0 Å². The molecule has 8 heteroatoms. The summed E-state index contributed by atoms with van der Waals surface area (Å²) < 4.78 is 23.6. The number of aromatic hydroxyl groups is 2. The number of para-hydroxylation sites is 1. The van der Waals surface area contributed by atoms with Crippen molar-refractivity contribution in [1.29, 1.82) is 0 Å². The minimum Gasteiger partial charge on any atom is -0.504 e. The van der Waals surface area contributed by atoms with Crippen molar-refractivity contribution in [2.24, 2.45) is 0 Å². The molecule has 0 fully saturated rings. The van der Waals surface area contributed by atoms with Crippen molar-refractivity contribution in [2.45, 2.75) is 25.2 Å². The normalized spacial score (nSPS) is 15.5. The van der Waals surface area contributed by atoms with Gasteiger partial charge in [0.25, 0.3) is 0 Å². The van der Waals surface area contributed by atoms with Gasteiger partial charge in [-0.05, 0) is 23.3 Å². The van der Waals surface area contributed by atoms with E-state index in [1.807, 2.05) is 54.6 Å². The van der Waals surface area contributed by atoms with E-state index in [0.717, 1.165) is 17.7 Å². The number of rotatable bonds is 6. The third kappa shape index (κ3) is 4.41. The van der Waals surface area contributed by atoms with Crippen LogP contribution in [-0.4, -0.2) is 29.4 Å². The van der Waals surface area contributed by atoms with Crippen LogP contribution < -0.4 is 19.6 Å². The van der Waals surface area contributed by atoms with Gasteiger partial charge in [-0.3, -0.25) is 9.59 Å². The number of phenolic OH excluding ortho intramolecular Hbond substituents is 2. The Labute approximate surface area is 240 Å². The second-order valence-corrected chi connectivity index (χ2v) is 10.4. The van der Waals surface area contributed by atoms with E-state index in [0.29, 0.717) is 42.1 Å². The van der Waals surface area contributed by atoms with E-state index in [1.54, 1.807) is 12.1 Å². The van der Waals surface area contributed by atoms with E-state index in [9.17, 15) is 19.8 Å². The molecule has 5 aromatic rings. The van der Waals surface area contributed by atoms with E-state index in [4.69, 9.17) is 18.6 Å². The highest BCUT2D eigenvalue weighted by atomic mass is 16.5. The van der Waals surface area contributed by atoms with E-state index in [-0.39, 0.29) is 28.9 Å². The molecule has 8 nitrogen and oxygen atoms in total. The molecular formula is C34H26O8. The Balaban J connectivity index is 1.31. The highest BCUT2D eigenvalue weighted by Crippen LogP contribution is 2.53. The van der Waals surface area contributed by atoms with Crippen molar-refractivity contribution < 1.29 is 33.6 Å². The number of phenols is 2. The molecule has 1 aromatic heterocycles. The highest BCUT2D eigenvalue weighted by molar-refractivity contribution is 5.96. The molecule has 0 spiro atoms. The molecule has 42 heavy (non-hydrogen) atoms. The van der Waals surface area contributed by atoms with Gasteiger partial charge >= 0.3 is 5.97 Å². The molecule has 0 amide bonds. The second-order valence-electron chi connectivity index (χ2n) is 10.4. The van der Waals surface area contributed by atoms with Gasteiger partial charge < -0.3 is 28.8 Å². The predicted octanol–water partition coefficient (Wildman–Crippen LogP) is 5.87. The maximum absolute atomic E-state index is 13.3. The lowest BCUT2D eigenvalue weighted by Gasteiger charge is -2.28. The van der Waals surface area contributed by atoms with Gasteiger partial charge in [-0.1, -0.05) is 60.7 Å². The van der Waals surface area contributed by atoms with Crippen molar-refractivity contribution in [3.8, 4) is 40.1 Å². The highest BCUT2D eigenvalue weighted by Gasteiger charge is 2.38. The molecule has 0 unspecified atom stereocenters. The Kier molecular flexibility index (Phi) is 6.31. The SMILES string of the molecule is O=C1C[C@H](c2ccccc2OCCc2ccc3c(c2)CCO3)c2c(c(O)c(O)c3c(=O)cc(-c4ccccc4)oc23)O1. The van der Waals surface area contributed by atoms with E-state index < -0.39 is 28.8 Å². The summed E-state index contributed by atoms with van der Waals surface area (Å²) in [5, 5.41) is 21.5. The molecule has 2 N–H and O–H groups in total. The Morgan fingerprint density at radius 3 is 2.57 bits per heavy atom. The van der Waals surface area contributed by atoms with Crippen molar-refractivity contribution in [2.75, 3.05) is 13.2 Å². The molecule has 1 atom stereocenters. The fourth-order valence-corrected chi connectivity index (χ4v) is 5.79. The quantitative estimate of drug-likeness (QED) is 0.150. The first kappa shape index (κ1) is 25.7. The molecule has 210 valence electrons. The van der Waals surface area contributed by atoms with Gasteiger partial charge in [0.1, 0.15) is 28.2 Å². The van der Waals surface area contributed by atoms with E-state index >= 15 is 0 Å². The summed E-state index contributed by atoms with van der Waals surface area (Å²) >= 11 is 0. The zero-order chi connectivity index (χ0) is 28.8. The number of carbonyl (C=O) groups excluding carboxylic acids is 1. The minimum atomic E-state index is -0.699. The fourth-order valence-electron chi connectivity index (χ4n) is 5.79. The molecule has 0 bridgehead atoms. The number of hydrogen-bond acceptors (Lipinski definition) is 8. The Hall–Kier alpha value is -5.24. The van der Waals surface area contributed by atoms with Crippen LogP contribution in [0, 0.1) is 0 Å². The average molecular weight is 563 g/mol. The minimum absolute atomic E-state index is 0.0410. The van der Waals surface area contributed by atoms with Crippen LogP contribution in [0.15, 0.2) is 88.1 Å². The molecule has 0 saturated carbocycles. The maximum atomic E-state index is 13.3. The number of fused-ring (bicyclic) bond motifs is 4. The maximum Gasteiger partial charge on any atom is 0.312 e. The largest absolute Gasteiger partial charge is 0.504 e. The van der Waals surface area contributed by atoms with Crippen LogP contribution in [0.1, 0.15) is 34.6 Å².